The molecule has 3 nitrogen and oxygen atoms in total. The van der Waals surface area contributed by atoms with Crippen molar-refractivity contribution < 1.29 is 0 Å². The van der Waals surface area contributed by atoms with Gasteiger partial charge in [0.25, 0.3) is 0 Å². The lowest BCUT2D eigenvalue weighted by Crippen LogP contribution is -2.45. The van der Waals surface area contributed by atoms with E-state index >= 15 is 0 Å². The van der Waals surface area contributed by atoms with Gasteiger partial charge in [-0.1, -0.05) is 48.5 Å². The van der Waals surface area contributed by atoms with Crippen LogP contribution in [0.25, 0.3) is 10.8 Å². The molecule has 3 aromatic rings. The Hall–Kier alpha value is -2.23. The zero-order chi connectivity index (χ0) is 16.2. The fourth-order valence-electron chi connectivity index (χ4n) is 3.69. The predicted octanol–water partition coefficient (Wildman–Crippen LogP) is 3.42. The molecule has 1 saturated heterocycles. The molecule has 0 bridgehead atoms. The highest BCUT2D eigenvalue weighted by Crippen LogP contribution is 2.31. The Morgan fingerprint density at radius 2 is 1.71 bits per heavy atom. The molecule has 1 atom stereocenters. The van der Waals surface area contributed by atoms with Crippen LogP contribution in [0, 0.1) is 0 Å². The molecular formula is C21H23N3. The van der Waals surface area contributed by atoms with E-state index in [1.54, 1.807) is 0 Å². The Balaban J connectivity index is 1.76. The largest absolute Gasteiger partial charge is 0.314 e. The van der Waals surface area contributed by atoms with E-state index in [-0.39, 0.29) is 0 Å². The van der Waals surface area contributed by atoms with Crippen molar-refractivity contribution in [2.24, 2.45) is 0 Å². The van der Waals surface area contributed by atoms with E-state index in [9.17, 15) is 0 Å². The number of hydrogen-bond donors (Lipinski definition) is 1. The monoisotopic (exact) mass is 317 g/mol. The normalized spacial score (nSPS) is 17.0. The van der Waals surface area contributed by atoms with Gasteiger partial charge in [-0.05, 0) is 28.5 Å². The summed E-state index contributed by atoms with van der Waals surface area (Å²) in [4.78, 5) is 7.18. The maximum Gasteiger partial charge on any atom is 0.0422 e. The first-order valence-electron chi connectivity index (χ1n) is 8.74. The second kappa shape index (κ2) is 7.12. The quantitative estimate of drug-likeness (QED) is 0.799. The molecule has 0 aliphatic carbocycles. The van der Waals surface area contributed by atoms with Gasteiger partial charge in [0, 0.05) is 50.5 Å². The van der Waals surface area contributed by atoms with Crippen molar-refractivity contribution in [2.75, 3.05) is 26.2 Å². The smallest absolute Gasteiger partial charge is 0.0422 e. The lowest BCUT2D eigenvalue weighted by Gasteiger charge is -2.35. The highest BCUT2D eigenvalue weighted by Gasteiger charge is 2.24. The number of benzene rings is 2. The molecular weight excluding hydrogens is 294 g/mol. The first kappa shape index (κ1) is 15.3. The van der Waals surface area contributed by atoms with Gasteiger partial charge < -0.3 is 5.32 Å². The van der Waals surface area contributed by atoms with E-state index in [2.05, 4.69) is 69.8 Å². The van der Waals surface area contributed by atoms with Gasteiger partial charge in [-0.2, -0.15) is 0 Å². The van der Waals surface area contributed by atoms with Crippen LogP contribution in [0.5, 0.6) is 0 Å². The summed E-state index contributed by atoms with van der Waals surface area (Å²) in [5.74, 6) is 0. The summed E-state index contributed by atoms with van der Waals surface area (Å²) < 4.78 is 0. The van der Waals surface area contributed by atoms with E-state index in [1.807, 2.05) is 12.3 Å². The minimum Gasteiger partial charge on any atom is -0.314 e. The average molecular weight is 317 g/mol. The predicted molar refractivity (Wildman–Crippen MR) is 99.1 cm³/mol. The third-order valence-corrected chi connectivity index (χ3v) is 4.90. The third kappa shape index (κ3) is 3.18. The summed E-state index contributed by atoms with van der Waals surface area (Å²) in [6.07, 6.45) is 2.85. The highest BCUT2D eigenvalue weighted by molar-refractivity contribution is 5.86. The number of rotatable bonds is 4. The number of pyridine rings is 1. The maximum absolute atomic E-state index is 4.58. The van der Waals surface area contributed by atoms with Gasteiger partial charge in [0.05, 0.1) is 0 Å². The number of piperazine rings is 1. The molecule has 1 aliphatic heterocycles. The fourth-order valence-corrected chi connectivity index (χ4v) is 3.69. The lowest BCUT2D eigenvalue weighted by molar-refractivity contribution is 0.172. The minimum absolute atomic E-state index is 0.369. The molecule has 1 unspecified atom stereocenters. The van der Waals surface area contributed by atoms with Gasteiger partial charge in [-0.25, -0.2) is 0 Å². The zero-order valence-corrected chi connectivity index (χ0v) is 13.9. The van der Waals surface area contributed by atoms with Crippen LogP contribution >= 0.6 is 0 Å². The van der Waals surface area contributed by atoms with E-state index in [4.69, 9.17) is 0 Å². The van der Waals surface area contributed by atoms with Crippen molar-refractivity contribution in [1.29, 1.82) is 0 Å². The van der Waals surface area contributed by atoms with Crippen LogP contribution in [0.15, 0.2) is 66.9 Å². The van der Waals surface area contributed by atoms with Crippen LogP contribution in [0.1, 0.15) is 17.3 Å². The summed E-state index contributed by atoms with van der Waals surface area (Å²) in [5, 5.41) is 6.14. The van der Waals surface area contributed by atoms with Crippen molar-refractivity contribution in [1.82, 2.24) is 15.2 Å². The Bertz CT molecular complexity index is 789. The second-order valence-corrected chi connectivity index (χ2v) is 6.40. The topological polar surface area (TPSA) is 28.2 Å². The molecule has 24 heavy (non-hydrogen) atoms. The first-order valence-corrected chi connectivity index (χ1v) is 8.74. The van der Waals surface area contributed by atoms with Crippen LogP contribution in [-0.2, 0) is 6.42 Å². The summed E-state index contributed by atoms with van der Waals surface area (Å²) in [6.45, 7) is 4.29. The number of nitrogens with zero attached hydrogens (tertiary/aromatic N) is 2. The zero-order valence-electron chi connectivity index (χ0n) is 13.9. The highest BCUT2D eigenvalue weighted by atomic mass is 15.2. The molecule has 1 aromatic heterocycles. The van der Waals surface area contributed by atoms with Crippen molar-refractivity contribution in [3.63, 3.8) is 0 Å². The van der Waals surface area contributed by atoms with E-state index in [0.717, 1.165) is 38.3 Å². The average Bonchev–Trinajstić information content (AvgIpc) is 2.67. The molecule has 122 valence electrons. The summed E-state index contributed by atoms with van der Waals surface area (Å²) >= 11 is 0. The molecule has 2 aromatic carbocycles. The van der Waals surface area contributed by atoms with Crippen molar-refractivity contribution in [2.45, 2.75) is 12.5 Å². The van der Waals surface area contributed by atoms with Crippen LogP contribution in [0.3, 0.4) is 0 Å². The second-order valence-electron chi connectivity index (χ2n) is 6.40. The lowest BCUT2D eigenvalue weighted by atomic mass is 9.94. The van der Waals surface area contributed by atoms with Gasteiger partial charge >= 0.3 is 0 Å². The molecule has 1 N–H and O–H groups in total. The number of fused-ring (bicyclic) bond motifs is 1. The van der Waals surface area contributed by atoms with Crippen molar-refractivity contribution >= 4 is 10.8 Å². The Labute approximate surface area is 143 Å². The van der Waals surface area contributed by atoms with Crippen molar-refractivity contribution in [3.05, 3.63) is 78.1 Å². The van der Waals surface area contributed by atoms with Gasteiger partial charge in [0.15, 0.2) is 0 Å². The molecule has 4 rings (SSSR count). The van der Waals surface area contributed by atoms with E-state index in [1.165, 1.54) is 16.3 Å². The summed E-state index contributed by atoms with van der Waals surface area (Å²) in [7, 11) is 0. The van der Waals surface area contributed by atoms with Gasteiger partial charge in [-0.3, -0.25) is 9.88 Å². The van der Waals surface area contributed by atoms with E-state index in [0.29, 0.717) is 6.04 Å². The molecule has 0 saturated carbocycles. The van der Waals surface area contributed by atoms with Gasteiger partial charge in [-0.15, -0.1) is 0 Å². The minimum atomic E-state index is 0.369. The number of aromatic nitrogens is 1. The molecule has 0 spiro atoms. The molecule has 3 heteroatoms. The molecule has 0 radical (unpaired) electrons. The fraction of sp³-hybridized carbons (Fsp3) is 0.286. The third-order valence-electron chi connectivity index (χ3n) is 4.90. The number of nitrogens with one attached hydrogen (secondary N) is 1. The van der Waals surface area contributed by atoms with Crippen LogP contribution in [-0.4, -0.2) is 36.1 Å². The van der Waals surface area contributed by atoms with Crippen LogP contribution < -0.4 is 5.32 Å². The Morgan fingerprint density at radius 3 is 2.54 bits per heavy atom. The van der Waals surface area contributed by atoms with Gasteiger partial charge in [0.1, 0.15) is 0 Å². The molecule has 1 aliphatic rings. The molecule has 0 amide bonds. The molecule has 1 fully saturated rings. The standard InChI is InChI=1S/C21H23N3/c1-2-9-19-17(6-1)7-5-10-20(19)21(24-14-12-22-13-15-24)16-18-8-3-4-11-23-18/h1-11,21-22H,12-16H2. The van der Waals surface area contributed by atoms with Crippen LogP contribution in [0.4, 0.5) is 0 Å². The SMILES string of the molecule is c1ccc(CC(c2cccc3ccccc23)N2CCNCC2)nc1. The maximum atomic E-state index is 4.58. The van der Waals surface area contributed by atoms with Crippen LogP contribution in [0.2, 0.25) is 0 Å². The Morgan fingerprint density at radius 1 is 0.917 bits per heavy atom. The Kier molecular flexibility index (Phi) is 4.54. The number of hydrogen-bond acceptors (Lipinski definition) is 3. The summed E-state index contributed by atoms with van der Waals surface area (Å²) in [6, 6.07) is 22.0. The molecule has 2 heterocycles. The van der Waals surface area contributed by atoms with Gasteiger partial charge in [0.2, 0.25) is 0 Å². The first-order chi connectivity index (χ1) is 11.9. The van der Waals surface area contributed by atoms with Crippen molar-refractivity contribution in [3.8, 4) is 0 Å². The summed E-state index contributed by atoms with van der Waals surface area (Å²) in [5.41, 5.74) is 2.58. The van der Waals surface area contributed by atoms with E-state index < -0.39 is 0 Å².